The molecule has 0 unspecified atom stereocenters. The van der Waals surface area contributed by atoms with Crippen LogP contribution in [0.25, 0.3) is 0 Å². The summed E-state index contributed by atoms with van der Waals surface area (Å²) in [4.78, 5) is 11.0. The topological polar surface area (TPSA) is 50.4 Å². The third-order valence-electron chi connectivity index (χ3n) is 2.98. The second kappa shape index (κ2) is 6.89. The van der Waals surface area contributed by atoms with Gasteiger partial charge in [0, 0.05) is 19.5 Å². The van der Waals surface area contributed by atoms with Crippen LogP contribution in [-0.2, 0) is 11.3 Å². The Labute approximate surface area is 127 Å². The zero-order valence-electron chi connectivity index (χ0n) is 12.2. The van der Waals surface area contributed by atoms with E-state index < -0.39 is 17.5 Å². The number of anilines is 2. The minimum absolute atomic E-state index is 0.0676. The smallest absolute Gasteiger partial charge is 0.221 e. The van der Waals surface area contributed by atoms with Gasteiger partial charge in [0.15, 0.2) is 0 Å². The molecule has 0 bridgehead atoms. The van der Waals surface area contributed by atoms with Crippen molar-refractivity contribution in [3.05, 3.63) is 53.6 Å². The first kappa shape index (κ1) is 15.8. The Bertz CT molecular complexity index is 690. The molecule has 1 amide bonds. The van der Waals surface area contributed by atoms with Crippen LogP contribution in [0, 0.1) is 11.6 Å². The number of amides is 1. The summed E-state index contributed by atoms with van der Waals surface area (Å²) in [5, 5.41) is 5.19. The van der Waals surface area contributed by atoms with Crippen LogP contribution in [0.1, 0.15) is 12.5 Å². The van der Waals surface area contributed by atoms with E-state index in [9.17, 15) is 13.6 Å². The molecule has 0 aliphatic carbocycles. The summed E-state index contributed by atoms with van der Waals surface area (Å²) in [5.41, 5.74) is 0.916. The molecule has 0 aliphatic heterocycles. The average molecular weight is 306 g/mol. The van der Waals surface area contributed by atoms with Gasteiger partial charge in [0.05, 0.1) is 18.5 Å². The van der Waals surface area contributed by atoms with E-state index in [0.29, 0.717) is 12.3 Å². The van der Waals surface area contributed by atoms with Crippen LogP contribution in [0.4, 0.5) is 20.2 Å². The lowest BCUT2D eigenvalue weighted by atomic mass is 10.2. The Hall–Kier alpha value is -2.63. The number of methoxy groups -OCH3 is 1. The lowest BCUT2D eigenvalue weighted by molar-refractivity contribution is -0.114. The number of hydrogen-bond acceptors (Lipinski definition) is 3. The maximum absolute atomic E-state index is 13.8. The molecule has 0 fully saturated rings. The molecule has 0 atom stereocenters. The molecule has 0 heterocycles. The molecular formula is C16H16F2N2O2. The Morgan fingerprint density at radius 2 is 1.86 bits per heavy atom. The lowest BCUT2D eigenvalue weighted by Gasteiger charge is -2.11. The van der Waals surface area contributed by atoms with Gasteiger partial charge in [0.1, 0.15) is 17.4 Å². The second-order valence-electron chi connectivity index (χ2n) is 4.70. The third-order valence-corrected chi connectivity index (χ3v) is 2.98. The first-order valence-corrected chi connectivity index (χ1v) is 6.63. The number of ether oxygens (including phenoxy) is 1. The molecule has 2 N–H and O–H groups in total. The van der Waals surface area contributed by atoms with Crippen LogP contribution in [0.3, 0.4) is 0 Å². The molecule has 0 saturated carbocycles. The molecule has 0 radical (unpaired) electrons. The Morgan fingerprint density at radius 1 is 1.14 bits per heavy atom. The second-order valence-corrected chi connectivity index (χ2v) is 4.70. The van der Waals surface area contributed by atoms with Crippen molar-refractivity contribution < 1.29 is 18.3 Å². The lowest BCUT2D eigenvalue weighted by Crippen LogP contribution is -2.09. The SMILES string of the molecule is COc1cccc(CNc2cc(NC(C)=O)c(F)cc2F)c1. The molecule has 6 heteroatoms. The summed E-state index contributed by atoms with van der Waals surface area (Å²) in [5.74, 6) is -1.28. The van der Waals surface area contributed by atoms with Crippen molar-refractivity contribution in [2.24, 2.45) is 0 Å². The highest BCUT2D eigenvalue weighted by Crippen LogP contribution is 2.24. The van der Waals surface area contributed by atoms with E-state index in [1.54, 1.807) is 13.2 Å². The van der Waals surface area contributed by atoms with Gasteiger partial charge in [-0.05, 0) is 23.8 Å². The van der Waals surface area contributed by atoms with Gasteiger partial charge in [0.25, 0.3) is 0 Å². The van der Waals surface area contributed by atoms with E-state index in [2.05, 4.69) is 10.6 Å². The van der Waals surface area contributed by atoms with Gasteiger partial charge in [-0.1, -0.05) is 12.1 Å². The van der Waals surface area contributed by atoms with Crippen LogP contribution in [0.15, 0.2) is 36.4 Å². The van der Waals surface area contributed by atoms with Crippen LogP contribution < -0.4 is 15.4 Å². The van der Waals surface area contributed by atoms with Crippen molar-refractivity contribution in [2.45, 2.75) is 13.5 Å². The Kier molecular flexibility index (Phi) is 4.93. The van der Waals surface area contributed by atoms with Gasteiger partial charge in [0.2, 0.25) is 5.91 Å². The van der Waals surface area contributed by atoms with E-state index in [0.717, 1.165) is 11.6 Å². The molecule has 0 saturated heterocycles. The molecule has 116 valence electrons. The number of rotatable bonds is 5. The molecular weight excluding hydrogens is 290 g/mol. The zero-order valence-corrected chi connectivity index (χ0v) is 12.2. The van der Waals surface area contributed by atoms with Gasteiger partial charge in [-0.3, -0.25) is 4.79 Å². The van der Waals surface area contributed by atoms with Crippen molar-refractivity contribution in [1.29, 1.82) is 0 Å². The summed E-state index contributed by atoms with van der Waals surface area (Å²) in [6.07, 6.45) is 0. The molecule has 0 aliphatic rings. The molecule has 2 aromatic carbocycles. The Morgan fingerprint density at radius 3 is 2.55 bits per heavy atom. The minimum Gasteiger partial charge on any atom is -0.497 e. The molecule has 0 aromatic heterocycles. The fourth-order valence-electron chi connectivity index (χ4n) is 1.95. The fourth-order valence-corrected chi connectivity index (χ4v) is 1.95. The maximum atomic E-state index is 13.8. The summed E-state index contributed by atoms with van der Waals surface area (Å²) >= 11 is 0. The standard InChI is InChI=1S/C16H16F2N2O2/c1-10(21)20-16-8-15(13(17)7-14(16)18)19-9-11-4-3-5-12(6-11)22-2/h3-8,19H,9H2,1-2H3,(H,20,21). The number of halogens is 2. The van der Waals surface area contributed by atoms with Gasteiger partial charge < -0.3 is 15.4 Å². The van der Waals surface area contributed by atoms with Crippen LogP contribution in [0.5, 0.6) is 5.75 Å². The molecule has 2 aromatic rings. The predicted octanol–water partition coefficient (Wildman–Crippen LogP) is 3.54. The Balaban J connectivity index is 2.16. The van der Waals surface area contributed by atoms with E-state index in [1.165, 1.54) is 13.0 Å². The highest BCUT2D eigenvalue weighted by molar-refractivity contribution is 5.89. The fraction of sp³-hybridized carbons (Fsp3) is 0.188. The normalized spacial score (nSPS) is 10.2. The van der Waals surface area contributed by atoms with Gasteiger partial charge in [-0.15, -0.1) is 0 Å². The first-order valence-electron chi connectivity index (χ1n) is 6.63. The van der Waals surface area contributed by atoms with Crippen molar-refractivity contribution >= 4 is 17.3 Å². The predicted molar refractivity (Wildman–Crippen MR) is 81.0 cm³/mol. The minimum atomic E-state index is -0.820. The van der Waals surface area contributed by atoms with E-state index in [4.69, 9.17) is 4.74 Å². The largest absolute Gasteiger partial charge is 0.497 e. The number of hydrogen-bond donors (Lipinski definition) is 2. The van der Waals surface area contributed by atoms with Crippen LogP contribution in [-0.4, -0.2) is 13.0 Å². The van der Waals surface area contributed by atoms with Gasteiger partial charge >= 0.3 is 0 Å². The van der Waals surface area contributed by atoms with E-state index >= 15 is 0 Å². The zero-order chi connectivity index (χ0) is 16.1. The van der Waals surface area contributed by atoms with Gasteiger partial charge in [-0.25, -0.2) is 8.78 Å². The third kappa shape index (κ3) is 3.94. The van der Waals surface area contributed by atoms with Crippen LogP contribution in [0.2, 0.25) is 0 Å². The number of nitrogens with one attached hydrogen (secondary N) is 2. The maximum Gasteiger partial charge on any atom is 0.221 e. The van der Waals surface area contributed by atoms with Crippen molar-refractivity contribution in [3.8, 4) is 5.75 Å². The number of carbonyl (C=O) groups is 1. The summed E-state index contributed by atoms with van der Waals surface area (Å²) in [7, 11) is 1.56. The summed E-state index contributed by atoms with van der Waals surface area (Å²) in [6, 6.07) is 9.25. The molecule has 2 rings (SSSR count). The first-order chi connectivity index (χ1) is 10.5. The van der Waals surface area contributed by atoms with Crippen molar-refractivity contribution in [3.63, 3.8) is 0 Å². The summed E-state index contributed by atoms with van der Waals surface area (Å²) < 4.78 is 32.4. The highest BCUT2D eigenvalue weighted by Gasteiger charge is 2.11. The van der Waals surface area contributed by atoms with Crippen molar-refractivity contribution in [1.82, 2.24) is 0 Å². The van der Waals surface area contributed by atoms with Gasteiger partial charge in [-0.2, -0.15) is 0 Å². The average Bonchev–Trinajstić information content (AvgIpc) is 2.48. The van der Waals surface area contributed by atoms with E-state index in [-0.39, 0.29) is 11.4 Å². The van der Waals surface area contributed by atoms with E-state index in [1.807, 2.05) is 18.2 Å². The monoisotopic (exact) mass is 306 g/mol. The van der Waals surface area contributed by atoms with Crippen molar-refractivity contribution in [2.75, 3.05) is 17.7 Å². The van der Waals surface area contributed by atoms with Crippen LogP contribution >= 0.6 is 0 Å². The molecule has 4 nitrogen and oxygen atoms in total. The number of carbonyl (C=O) groups excluding carboxylic acids is 1. The molecule has 0 spiro atoms. The summed E-state index contributed by atoms with van der Waals surface area (Å²) in [6.45, 7) is 1.59. The quantitative estimate of drug-likeness (QED) is 0.888. The highest BCUT2D eigenvalue weighted by atomic mass is 19.1. The molecule has 22 heavy (non-hydrogen) atoms. The number of benzene rings is 2.